The van der Waals surface area contributed by atoms with Crippen LogP contribution in [0.1, 0.15) is 20.5 Å². The van der Waals surface area contributed by atoms with Gasteiger partial charge in [-0.15, -0.1) is 0 Å². The van der Waals surface area contributed by atoms with Crippen LogP contribution < -0.4 is 0 Å². The summed E-state index contributed by atoms with van der Waals surface area (Å²) in [5, 5.41) is 18.1. The summed E-state index contributed by atoms with van der Waals surface area (Å²) < 4.78 is 2.02. The Bertz CT molecular complexity index is 609. The fourth-order valence-corrected chi connectivity index (χ4v) is 3.92. The van der Waals surface area contributed by atoms with Crippen LogP contribution in [-0.2, 0) is 6.61 Å². The molecule has 1 aromatic carbocycles. The van der Waals surface area contributed by atoms with Crippen LogP contribution in [0, 0.1) is 6.92 Å². The molecule has 0 amide bonds. The first kappa shape index (κ1) is 13.5. The summed E-state index contributed by atoms with van der Waals surface area (Å²) in [6.45, 7) is 1.69. The summed E-state index contributed by atoms with van der Waals surface area (Å²) in [6, 6.07) is 5.53. The van der Waals surface area contributed by atoms with Gasteiger partial charge >= 0.3 is 118 Å². The van der Waals surface area contributed by atoms with E-state index in [0.29, 0.717) is 10.1 Å². The molecule has 2 rings (SSSR count). The summed E-state index contributed by atoms with van der Waals surface area (Å²) in [4.78, 5) is 15.3. The van der Waals surface area contributed by atoms with Crippen LogP contribution in [-0.4, -0.2) is 35.7 Å². The van der Waals surface area contributed by atoms with E-state index in [2.05, 4.69) is 20.9 Å². The molecular formula is C12H10BrNO3Se. The molecule has 1 heterocycles. The fourth-order valence-electron chi connectivity index (χ4n) is 1.53. The van der Waals surface area contributed by atoms with Crippen molar-refractivity contribution in [2.45, 2.75) is 13.5 Å². The Morgan fingerprint density at radius 3 is 2.72 bits per heavy atom. The molecule has 0 saturated heterocycles. The number of benzene rings is 1. The minimum absolute atomic E-state index is 0.0316. The monoisotopic (exact) mass is 375 g/mol. The second-order valence-corrected chi connectivity index (χ2v) is 6.65. The number of aromatic carboxylic acids is 1. The molecule has 6 heteroatoms. The van der Waals surface area contributed by atoms with E-state index in [4.69, 9.17) is 10.2 Å². The van der Waals surface area contributed by atoms with Crippen molar-refractivity contribution in [2.24, 2.45) is 0 Å². The minimum atomic E-state index is -0.891. The first-order valence-corrected chi connectivity index (χ1v) is 7.64. The second-order valence-electron chi connectivity index (χ2n) is 3.70. The third kappa shape index (κ3) is 2.57. The molecule has 0 atom stereocenters. The summed E-state index contributed by atoms with van der Waals surface area (Å²) in [7, 11) is 0. The van der Waals surface area contributed by atoms with Crippen molar-refractivity contribution in [3.63, 3.8) is 0 Å². The van der Waals surface area contributed by atoms with Crippen LogP contribution in [0.2, 0.25) is 0 Å². The predicted octanol–water partition coefficient (Wildman–Crippen LogP) is 2.07. The Labute approximate surface area is 118 Å². The number of hydrogen-bond acceptors (Lipinski definition) is 3. The Hall–Kier alpha value is -0.941. The summed E-state index contributed by atoms with van der Waals surface area (Å²) in [5.41, 5.74) is 2.28. The van der Waals surface area contributed by atoms with E-state index >= 15 is 0 Å². The number of nitrogens with zero attached hydrogens (tertiary/aromatic N) is 1. The molecule has 0 fully saturated rings. The van der Waals surface area contributed by atoms with E-state index in [1.54, 1.807) is 6.92 Å². The van der Waals surface area contributed by atoms with E-state index in [1.165, 1.54) is 0 Å². The molecule has 0 radical (unpaired) electrons. The van der Waals surface area contributed by atoms with Gasteiger partial charge in [-0.3, -0.25) is 0 Å². The van der Waals surface area contributed by atoms with Gasteiger partial charge in [0.15, 0.2) is 0 Å². The summed E-state index contributed by atoms with van der Waals surface area (Å²) >= 11 is 3.11. The molecule has 0 aliphatic heterocycles. The van der Waals surface area contributed by atoms with Crippen molar-refractivity contribution in [3.8, 4) is 10.1 Å². The molecular weight excluding hydrogens is 365 g/mol. The van der Waals surface area contributed by atoms with E-state index in [1.807, 2.05) is 18.2 Å². The maximum absolute atomic E-state index is 11.0. The first-order valence-electron chi connectivity index (χ1n) is 5.13. The second kappa shape index (κ2) is 5.36. The average Bonchev–Trinajstić information content (AvgIpc) is 2.71. The quantitative estimate of drug-likeness (QED) is 0.807. The van der Waals surface area contributed by atoms with Gasteiger partial charge in [-0.2, -0.15) is 0 Å². The molecule has 0 spiro atoms. The number of rotatable bonds is 3. The number of carboxylic acid groups (broad SMARTS) is 1. The van der Waals surface area contributed by atoms with Gasteiger partial charge in [0, 0.05) is 0 Å². The molecule has 0 saturated carbocycles. The van der Waals surface area contributed by atoms with E-state index in [0.717, 1.165) is 20.2 Å². The van der Waals surface area contributed by atoms with Crippen LogP contribution in [0.5, 0.6) is 0 Å². The van der Waals surface area contributed by atoms with Crippen LogP contribution in [0.4, 0.5) is 0 Å². The van der Waals surface area contributed by atoms with Crippen LogP contribution >= 0.6 is 15.9 Å². The van der Waals surface area contributed by atoms with Crippen LogP contribution in [0.15, 0.2) is 22.7 Å². The molecule has 0 aliphatic rings. The molecule has 18 heavy (non-hydrogen) atoms. The zero-order valence-corrected chi connectivity index (χ0v) is 12.8. The third-order valence-corrected chi connectivity index (χ3v) is 5.71. The summed E-state index contributed by atoms with van der Waals surface area (Å²) in [5.74, 6) is -0.891. The Morgan fingerprint density at radius 1 is 1.50 bits per heavy atom. The molecule has 0 bridgehead atoms. The summed E-state index contributed by atoms with van der Waals surface area (Å²) in [6.07, 6.45) is 0. The number of aromatic nitrogens is 1. The Kier molecular flexibility index (Phi) is 4.02. The number of aliphatic hydroxyl groups is 1. The normalized spacial score (nSPS) is 10.6. The third-order valence-electron chi connectivity index (χ3n) is 2.46. The SMILES string of the molecule is Cc1nc(-c2ccc(CO)c(Br)c2)[se]c1C(=O)O. The standard InChI is InChI=1S/C12H10BrNO3Se/c1-6-10(12(16)17)18-11(14-6)7-2-3-8(5-15)9(13)4-7/h2-4,15H,5H2,1H3,(H,16,17). The number of carbonyl (C=O) groups is 1. The van der Waals surface area contributed by atoms with Gasteiger partial charge in [-0.1, -0.05) is 0 Å². The molecule has 4 nitrogen and oxygen atoms in total. The molecule has 0 aliphatic carbocycles. The average molecular weight is 375 g/mol. The van der Waals surface area contributed by atoms with Crippen molar-refractivity contribution in [3.05, 3.63) is 38.4 Å². The molecule has 2 N–H and O–H groups in total. The van der Waals surface area contributed by atoms with Gasteiger partial charge < -0.3 is 0 Å². The van der Waals surface area contributed by atoms with Crippen molar-refractivity contribution in [1.29, 1.82) is 0 Å². The van der Waals surface area contributed by atoms with Crippen molar-refractivity contribution >= 4 is 36.4 Å². The van der Waals surface area contributed by atoms with Crippen LogP contribution in [0.3, 0.4) is 0 Å². The van der Waals surface area contributed by atoms with Gasteiger partial charge in [0.1, 0.15) is 0 Å². The van der Waals surface area contributed by atoms with Gasteiger partial charge in [0.05, 0.1) is 0 Å². The fraction of sp³-hybridized carbons (Fsp3) is 0.167. The first-order chi connectivity index (χ1) is 8.52. The van der Waals surface area contributed by atoms with Gasteiger partial charge in [0.2, 0.25) is 0 Å². The molecule has 1 aromatic heterocycles. The topological polar surface area (TPSA) is 70.4 Å². The van der Waals surface area contributed by atoms with Gasteiger partial charge in [-0.25, -0.2) is 0 Å². The van der Waals surface area contributed by atoms with E-state index < -0.39 is 5.97 Å². The predicted molar refractivity (Wildman–Crippen MR) is 71.9 cm³/mol. The number of aryl methyl sites for hydroxylation is 1. The van der Waals surface area contributed by atoms with Crippen molar-refractivity contribution in [2.75, 3.05) is 0 Å². The number of hydrogen-bond donors (Lipinski definition) is 2. The van der Waals surface area contributed by atoms with E-state index in [-0.39, 0.29) is 21.1 Å². The van der Waals surface area contributed by atoms with Gasteiger partial charge in [0.25, 0.3) is 0 Å². The van der Waals surface area contributed by atoms with Crippen molar-refractivity contribution < 1.29 is 15.0 Å². The molecule has 0 unspecified atom stereocenters. The number of aliphatic hydroxyl groups excluding tert-OH is 1. The molecule has 94 valence electrons. The maximum atomic E-state index is 11.0. The van der Waals surface area contributed by atoms with Gasteiger partial charge in [-0.05, 0) is 0 Å². The number of carboxylic acids is 1. The Balaban J connectivity index is 2.46. The molecule has 2 aromatic rings. The van der Waals surface area contributed by atoms with E-state index in [9.17, 15) is 4.79 Å². The zero-order chi connectivity index (χ0) is 13.3. The Morgan fingerprint density at radius 2 is 2.22 bits per heavy atom. The van der Waals surface area contributed by atoms with Crippen molar-refractivity contribution in [1.82, 2.24) is 4.98 Å². The zero-order valence-electron chi connectivity index (χ0n) is 9.48. The van der Waals surface area contributed by atoms with Crippen LogP contribution in [0.25, 0.3) is 10.1 Å². The number of halogens is 1.